The number of benzene rings is 1. The number of halogens is 1. The average molecular weight is 296 g/mol. The number of nitrogens with zero attached hydrogens (tertiary/aromatic N) is 4. The van der Waals surface area contributed by atoms with E-state index in [0.29, 0.717) is 10.8 Å². The highest BCUT2D eigenvalue weighted by molar-refractivity contribution is 6.32. The first-order valence-electron chi connectivity index (χ1n) is 6.53. The summed E-state index contributed by atoms with van der Waals surface area (Å²) in [5.74, 6) is 1.35. The van der Waals surface area contributed by atoms with Gasteiger partial charge in [0.1, 0.15) is 5.75 Å². The Morgan fingerprint density at radius 3 is 2.95 bits per heavy atom. The van der Waals surface area contributed by atoms with Gasteiger partial charge in [0.2, 0.25) is 0 Å². The third-order valence-electron chi connectivity index (χ3n) is 2.96. The summed E-state index contributed by atoms with van der Waals surface area (Å²) in [6.07, 6.45) is 1.06. The molecule has 0 amide bonds. The van der Waals surface area contributed by atoms with Crippen molar-refractivity contribution >= 4 is 11.6 Å². The van der Waals surface area contributed by atoms with E-state index in [9.17, 15) is 0 Å². The smallest absolute Gasteiger partial charge is 0.173 e. The first kappa shape index (κ1) is 14.7. The van der Waals surface area contributed by atoms with Crippen molar-refractivity contribution < 1.29 is 4.74 Å². The molecule has 0 saturated heterocycles. The Morgan fingerprint density at radius 1 is 1.45 bits per heavy atom. The Balaban J connectivity index is 2.32. The van der Waals surface area contributed by atoms with Gasteiger partial charge in [-0.25, -0.2) is 0 Å². The molecule has 2 aromatic rings. The van der Waals surface area contributed by atoms with Crippen LogP contribution in [-0.4, -0.2) is 33.9 Å². The summed E-state index contributed by atoms with van der Waals surface area (Å²) in [6, 6.07) is 5.50. The van der Waals surface area contributed by atoms with E-state index in [0.717, 1.165) is 24.5 Å². The monoisotopic (exact) mass is 295 g/mol. The van der Waals surface area contributed by atoms with Crippen molar-refractivity contribution in [3.63, 3.8) is 0 Å². The van der Waals surface area contributed by atoms with E-state index in [1.165, 1.54) is 0 Å². The number of nitrogens with one attached hydrogen (secondary N) is 1. The van der Waals surface area contributed by atoms with E-state index < -0.39 is 0 Å². The second-order valence-corrected chi connectivity index (χ2v) is 4.85. The van der Waals surface area contributed by atoms with Gasteiger partial charge in [-0.05, 0) is 42.4 Å². The summed E-state index contributed by atoms with van der Waals surface area (Å²) in [4.78, 5) is 0. The quantitative estimate of drug-likeness (QED) is 0.886. The van der Waals surface area contributed by atoms with Gasteiger partial charge >= 0.3 is 0 Å². The summed E-state index contributed by atoms with van der Waals surface area (Å²) in [6.45, 7) is 5.07. The van der Waals surface area contributed by atoms with Gasteiger partial charge in [-0.3, -0.25) is 0 Å². The summed E-state index contributed by atoms with van der Waals surface area (Å²) < 4.78 is 6.91. The van der Waals surface area contributed by atoms with Crippen molar-refractivity contribution in [3.8, 4) is 11.4 Å². The van der Waals surface area contributed by atoms with E-state index >= 15 is 0 Å². The van der Waals surface area contributed by atoms with E-state index in [1.54, 1.807) is 17.9 Å². The van der Waals surface area contributed by atoms with Crippen molar-refractivity contribution in [3.05, 3.63) is 29.0 Å². The highest BCUT2D eigenvalue weighted by Crippen LogP contribution is 2.27. The highest BCUT2D eigenvalue weighted by Gasteiger charge is 2.16. The first-order valence-corrected chi connectivity index (χ1v) is 6.90. The Morgan fingerprint density at radius 2 is 2.25 bits per heavy atom. The maximum absolute atomic E-state index is 6.03. The molecule has 0 radical (unpaired) electrons. The molecule has 1 atom stereocenters. The molecular weight excluding hydrogens is 278 g/mol. The average Bonchev–Trinajstić information content (AvgIpc) is 2.94. The lowest BCUT2D eigenvalue weighted by Gasteiger charge is -2.13. The SMILES string of the molecule is CCCNC(C)c1nnnn1-c1ccc(Cl)c(OC)c1. The number of aromatic nitrogens is 4. The van der Waals surface area contributed by atoms with Crippen molar-refractivity contribution in [2.24, 2.45) is 0 Å². The molecule has 1 N–H and O–H groups in total. The molecule has 108 valence electrons. The van der Waals surface area contributed by atoms with Crippen LogP contribution in [0.1, 0.15) is 32.1 Å². The summed E-state index contributed by atoms with van der Waals surface area (Å²) in [7, 11) is 1.58. The number of hydrogen-bond acceptors (Lipinski definition) is 5. The number of tetrazole rings is 1. The molecule has 0 aliphatic heterocycles. The predicted molar refractivity (Wildman–Crippen MR) is 77.4 cm³/mol. The van der Waals surface area contributed by atoms with Crippen LogP contribution in [0.2, 0.25) is 5.02 Å². The van der Waals surface area contributed by atoms with Crippen molar-refractivity contribution in [1.29, 1.82) is 0 Å². The van der Waals surface area contributed by atoms with Crippen molar-refractivity contribution in [2.75, 3.05) is 13.7 Å². The van der Waals surface area contributed by atoms with Crippen molar-refractivity contribution in [1.82, 2.24) is 25.5 Å². The van der Waals surface area contributed by atoms with Crippen LogP contribution in [0.3, 0.4) is 0 Å². The topological polar surface area (TPSA) is 64.9 Å². The molecule has 1 heterocycles. The Labute approximate surface area is 123 Å². The minimum atomic E-state index is 0.0617. The van der Waals surface area contributed by atoms with Crippen LogP contribution in [-0.2, 0) is 0 Å². The number of hydrogen-bond donors (Lipinski definition) is 1. The van der Waals surface area contributed by atoms with Crippen molar-refractivity contribution in [2.45, 2.75) is 26.3 Å². The van der Waals surface area contributed by atoms with Gasteiger partial charge in [0.15, 0.2) is 5.82 Å². The molecule has 20 heavy (non-hydrogen) atoms. The molecule has 7 heteroatoms. The molecule has 0 fully saturated rings. The fraction of sp³-hybridized carbons (Fsp3) is 0.462. The van der Waals surface area contributed by atoms with Crippen LogP contribution >= 0.6 is 11.6 Å². The lowest BCUT2D eigenvalue weighted by Crippen LogP contribution is -2.22. The van der Waals surface area contributed by atoms with Crippen LogP contribution in [0.25, 0.3) is 5.69 Å². The second kappa shape index (κ2) is 6.67. The van der Waals surface area contributed by atoms with Crippen LogP contribution in [0.5, 0.6) is 5.75 Å². The predicted octanol–water partition coefficient (Wildman–Crippen LogP) is 2.38. The summed E-state index contributed by atoms with van der Waals surface area (Å²) in [5, 5.41) is 15.8. The zero-order chi connectivity index (χ0) is 14.5. The number of ether oxygens (including phenoxy) is 1. The molecule has 0 bridgehead atoms. The molecule has 1 unspecified atom stereocenters. The highest BCUT2D eigenvalue weighted by atomic mass is 35.5. The molecule has 6 nitrogen and oxygen atoms in total. The second-order valence-electron chi connectivity index (χ2n) is 4.44. The van der Waals surface area contributed by atoms with E-state index in [2.05, 4.69) is 27.8 Å². The normalized spacial score (nSPS) is 12.4. The van der Waals surface area contributed by atoms with Gasteiger partial charge in [0.05, 0.1) is 23.9 Å². The largest absolute Gasteiger partial charge is 0.495 e. The van der Waals surface area contributed by atoms with E-state index in [-0.39, 0.29) is 6.04 Å². The molecule has 0 saturated carbocycles. The molecule has 0 aliphatic carbocycles. The van der Waals surface area contributed by atoms with Gasteiger partial charge in [-0.1, -0.05) is 18.5 Å². The molecule has 1 aromatic heterocycles. The minimum absolute atomic E-state index is 0.0617. The van der Waals surface area contributed by atoms with Crippen LogP contribution in [0.4, 0.5) is 0 Å². The van der Waals surface area contributed by atoms with E-state index in [4.69, 9.17) is 16.3 Å². The number of rotatable bonds is 6. The van der Waals surface area contributed by atoms with Crippen LogP contribution in [0.15, 0.2) is 18.2 Å². The molecule has 0 spiro atoms. The molecular formula is C13H18ClN5O. The molecule has 2 rings (SSSR count). The Hall–Kier alpha value is -1.66. The molecule has 0 aliphatic rings. The zero-order valence-corrected chi connectivity index (χ0v) is 12.6. The summed E-state index contributed by atoms with van der Waals surface area (Å²) >= 11 is 6.03. The molecule has 1 aromatic carbocycles. The minimum Gasteiger partial charge on any atom is -0.495 e. The lowest BCUT2D eigenvalue weighted by atomic mass is 10.2. The fourth-order valence-electron chi connectivity index (χ4n) is 1.88. The maximum Gasteiger partial charge on any atom is 0.173 e. The Bertz CT molecular complexity index is 572. The van der Waals surface area contributed by atoms with Gasteiger partial charge < -0.3 is 10.1 Å². The zero-order valence-electron chi connectivity index (χ0n) is 11.8. The van der Waals surface area contributed by atoms with Gasteiger partial charge in [0, 0.05) is 6.07 Å². The summed E-state index contributed by atoms with van der Waals surface area (Å²) in [5.41, 5.74) is 0.816. The standard InChI is InChI=1S/C13H18ClN5O/c1-4-7-15-9(2)13-16-17-18-19(13)10-5-6-11(14)12(8-10)20-3/h5-6,8-9,15H,4,7H2,1-3H3. The number of methoxy groups -OCH3 is 1. The van der Waals surface area contributed by atoms with Crippen LogP contribution < -0.4 is 10.1 Å². The maximum atomic E-state index is 6.03. The lowest BCUT2D eigenvalue weighted by molar-refractivity contribution is 0.414. The fourth-order valence-corrected chi connectivity index (χ4v) is 2.07. The van der Waals surface area contributed by atoms with Gasteiger partial charge in [-0.15, -0.1) is 5.10 Å². The van der Waals surface area contributed by atoms with E-state index in [1.807, 2.05) is 19.1 Å². The van der Waals surface area contributed by atoms with Crippen LogP contribution in [0, 0.1) is 0 Å². The third kappa shape index (κ3) is 3.08. The first-order chi connectivity index (χ1) is 9.67. The Kier molecular flexibility index (Phi) is 4.92. The van der Waals surface area contributed by atoms with Gasteiger partial charge in [0.25, 0.3) is 0 Å². The third-order valence-corrected chi connectivity index (χ3v) is 3.27. The van der Waals surface area contributed by atoms with Gasteiger partial charge in [-0.2, -0.15) is 4.68 Å².